The van der Waals surface area contributed by atoms with Crippen molar-refractivity contribution in [2.45, 2.75) is 25.3 Å². The lowest BCUT2D eigenvalue weighted by molar-refractivity contribution is 0.0696. The molecule has 0 aliphatic heterocycles. The van der Waals surface area contributed by atoms with E-state index >= 15 is 0 Å². The lowest BCUT2D eigenvalue weighted by atomic mass is 10.1. The fraction of sp³-hybridized carbons (Fsp3) is 0.250. The van der Waals surface area contributed by atoms with Crippen LogP contribution in [0.4, 0.5) is 0 Å². The van der Waals surface area contributed by atoms with Gasteiger partial charge in [0.25, 0.3) is 0 Å². The van der Waals surface area contributed by atoms with Gasteiger partial charge in [0, 0.05) is 0 Å². The number of rotatable bonds is 5. The molecule has 0 radical (unpaired) electrons. The van der Waals surface area contributed by atoms with Crippen molar-refractivity contribution >= 4 is 16.0 Å². The number of aromatic amines is 1. The molecule has 0 saturated carbocycles. The smallest absolute Gasteiger partial charge is 0.335 e. The first-order valence-corrected chi connectivity index (χ1v) is 7.48. The van der Waals surface area contributed by atoms with Crippen LogP contribution in [0.1, 0.15) is 27.3 Å². The predicted octanol–water partition coefficient (Wildman–Crippen LogP) is 0.598. The van der Waals surface area contributed by atoms with Crippen LogP contribution in [-0.4, -0.2) is 34.7 Å². The van der Waals surface area contributed by atoms with E-state index in [9.17, 15) is 13.2 Å². The van der Waals surface area contributed by atoms with Crippen LogP contribution in [0.15, 0.2) is 23.4 Å². The zero-order valence-corrected chi connectivity index (χ0v) is 12.2. The normalized spacial score (nSPS) is 11.5. The number of aryl methyl sites for hydroxylation is 1. The summed E-state index contributed by atoms with van der Waals surface area (Å²) in [5, 5.41) is 15.2. The number of hydrogen-bond acceptors (Lipinski definition) is 5. The summed E-state index contributed by atoms with van der Waals surface area (Å²) >= 11 is 0. The van der Waals surface area contributed by atoms with Gasteiger partial charge >= 0.3 is 5.97 Å². The molecule has 1 aromatic carbocycles. The van der Waals surface area contributed by atoms with Gasteiger partial charge in [-0.1, -0.05) is 0 Å². The summed E-state index contributed by atoms with van der Waals surface area (Å²) in [6.45, 7) is 3.24. The van der Waals surface area contributed by atoms with Gasteiger partial charge in [-0.05, 0) is 37.1 Å². The fourth-order valence-corrected chi connectivity index (χ4v) is 3.12. The Morgan fingerprint density at radius 2 is 2.10 bits per heavy atom. The summed E-state index contributed by atoms with van der Waals surface area (Å²) in [4.78, 5) is 14.8. The van der Waals surface area contributed by atoms with Crippen molar-refractivity contribution in [1.29, 1.82) is 0 Å². The van der Waals surface area contributed by atoms with Crippen molar-refractivity contribution in [3.05, 3.63) is 41.0 Å². The maximum atomic E-state index is 12.3. The van der Waals surface area contributed by atoms with E-state index in [1.807, 2.05) is 0 Å². The Morgan fingerprint density at radius 3 is 2.67 bits per heavy atom. The quantitative estimate of drug-likeness (QED) is 0.742. The lowest BCUT2D eigenvalue weighted by Gasteiger charge is -2.11. The van der Waals surface area contributed by atoms with Crippen LogP contribution in [-0.2, 0) is 16.6 Å². The second-order valence-electron chi connectivity index (χ2n) is 4.48. The molecule has 21 heavy (non-hydrogen) atoms. The fourth-order valence-electron chi connectivity index (χ4n) is 1.79. The monoisotopic (exact) mass is 310 g/mol. The number of benzene rings is 1. The highest BCUT2D eigenvalue weighted by molar-refractivity contribution is 7.89. The minimum Gasteiger partial charge on any atom is -0.478 e. The number of sulfonamides is 1. The van der Waals surface area contributed by atoms with Gasteiger partial charge in [0.15, 0.2) is 0 Å². The third kappa shape index (κ3) is 3.26. The standard InChI is InChI=1S/C12H14N4O4S/c1-7-3-9(12(17)18)4-10(8(7)2)21(19,20)15-5-11-13-6-14-16-11/h3-4,6,15H,5H2,1-2H3,(H,17,18)(H,13,14,16). The van der Waals surface area contributed by atoms with Crippen LogP contribution in [0.2, 0.25) is 0 Å². The Balaban J connectivity index is 2.37. The first-order chi connectivity index (χ1) is 9.81. The molecule has 0 atom stereocenters. The van der Waals surface area contributed by atoms with Crippen molar-refractivity contribution in [2.24, 2.45) is 0 Å². The molecule has 0 bridgehead atoms. The number of carboxylic acid groups (broad SMARTS) is 1. The number of carbonyl (C=O) groups is 1. The average molecular weight is 310 g/mol. The van der Waals surface area contributed by atoms with Crippen LogP contribution in [0.5, 0.6) is 0 Å². The average Bonchev–Trinajstić information content (AvgIpc) is 2.92. The molecule has 0 aliphatic rings. The molecule has 3 N–H and O–H groups in total. The number of hydrogen-bond donors (Lipinski definition) is 3. The molecular weight excluding hydrogens is 296 g/mol. The van der Waals surface area contributed by atoms with E-state index in [1.54, 1.807) is 13.8 Å². The Hall–Kier alpha value is -2.26. The summed E-state index contributed by atoms with van der Waals surface area (Å²) in [5.41, 5.74) is 1.03. The van der Waals surface area contributed by atoms with Crippen molar-refractivity contribution in [3.63, 3.8) is 0 Å². The van der Waals surface area contributed by atoms with Crippen LogP contribution in [0.3, 0.4) is 0 Å². The first kappa shape index (κ1) is 15.1. The van der Waals surface area contributed by atoms with Gasteiger partial charge in [0.2, 0.25) is 10.0 Å². The maximum Gasteiger partial charge on any atom is 0.335 e. The highest BCUT2D eigenvalue weighted by atomic mass is 32.2. The van der Waals surface area contributed by atoms with E-state index in [0.717, 1.165) is 6.07 Å². The topological polar surface area (TPSA) is 125 Å². The molecule has 1 heterocycles. The minimum absolute atomic E-state index is 0.0561. The lowest BCUT2D eigenvalue weighted by Crippen LogP contribution is -2.25. The first-order valence-electron chi connectivity index (χ1n) is 5.99. The molecule has 2 aromatic rings. The zero-order chi connectivity index (χ0) is 15.6. The van der Waals surface area contributed by atoms with E-state index in [2.05, 4.69) is 19.9 Å². The maximum absolute atomic E-state index is 12.3. The molecular formula is C12H14N4O4S. The predicted molar refractivity (Wildman–Crippen MR) is 73.3 cm³/mol. The summed E-state index contributed by atoms with van der Waals surface area (Å²) in [6.07, 6.45) is 1.27. The summed E-state index contributed by atoms with van der Waals surface area (Å²) in [6, 6.07) is 2.58. The Labute approximate surface area is 121 Å². The van der Waals surface area contributed by atoms with Gasteiger partial charge in [-0.2, -0.15) is 5.10 Å². The number of nitrogens with one attached hydrogen (secondary N) is 2. The number of nitrogens with zero attached hydrogens (tertiary/aromatic N) is 2. The third-order valence-electron chi connectivity index (χ3n) is 3.05. The molecule has 0 saturated heterocycles. The van der Waals surface area contributed by atoms with E-state index < -0.39 is 16.0 Å². The second-order valence-corrected chi connectivity index (χ2v) is 6.21. The Bertz CT molecular complexity index is 769. The molecule has 2 rings (SSSR count). The van der Waals surface area contributed by atoms with Gasteiger partial charge in [0.1, 0.15) is 12.2 Å². The van der Waals surface area contributed by atoms with Gasteiger partial charge in [-0.3, -0.25) is 5.10 Å². The van der Waals surface area contributed by atoms with Crippen molar-refractivity contribution in [2.75, 3.05) is 0 Å². The summed E-state index contributed by atoms with van der Waals surface area (Å²) in [7, 11) is -3.85. The summed E-state index contributed by atoms with van der Waals surface area (Å²) in [5.74, 6) is -0.813. The third-order valence-corrected chi connectivity index (χ3v) is 4.58. The molecule has 0 fully saturated rings. The van der Waals surface area contributed by atoms with E-state index in [4.69, 9.17) is 5.11 Å². The molecule has 9 heteroatoms. The molecule has 8 nitrogen and oxygen atoms in total. The molecule has 0 spiro atoms. The molecule has 0 amide bonds. The molecule has 1 aromatic heterocycles. The number of carboxylic acids is 1. The Kier molecular flexibility index (Phi) is 4.05. The van der Waals surface area contributed by atoms with E-state index in [1.165, 1.54) is 12.4 Å². The minimum atomic E-state index is -3.85. The molecule has 0 aliphatic carbocycles. The second kappa shape index (κ2) is 5.62. The molecule has 0 unspecified atom stereocenters. The highest BCUT2D eigenvalue weighted by Gasteiger charge is 2.20. The van der Waals surface area contributed by atoms with Crippen LogP contribution in [0.25, 0.3) is 0 Å². The van der Waals surface area contributed by atoms with Crippen LogP contribution in [0, 0.1) is 13.8 Å². The number of aromatic nitrogens is 3. The van der Waals surface area contributed by atoms with E-state index in [0.29, 0.717) is 17.0 Å². The van der Waals surface area contributed by atoms with Crippen molar-refractivity contribution in [1.82, 2.24) is 19.9 Å². The van der Waals surface area contributed by atoms with Gasteiger partial charge in [0.05, 0.1) is 17.0 Å². The molecule has 112 valence electrons. The largest absolute Gasteiger partial charge is 0.478 e. The van der Waals surface area contributed by atoms with Crippen LogP contribution >= 0.6 is 0 Å². The van der Waals surface area contributed by atoms with Gasteiger partial charge < -0.3 is 5.11 Å². The summed E-state index contributed by atoms with van der Waals surface area (Å²) < 4.78 is 27.0. The highest BCUT2D eigenvalue weighted by Crippen LogP contribution is 2.21. The SMILES string of the molecule is Cc1cc(C(=O)O)cc(S(=O)(=O)NCc2ncn[nH]2)c1C. The van der Waals surface area contributed by atoms with Gasteiger partial charge in [-0.25, -0.2) is 22.9 Å². The van der Waals surface area contributed by atoms with Crippen molar-refractivity contribution < 1.29 is 18.3 Å². The number of aromatic carboxylic acids is 1. The van der Waals surface area contributed by atoms with Gasteiger partial charge in [-0.15, -0.1) is 0 Å². The number of H-pyrrole nitrogens is 1. The zero-order valence-electron chi connectivity index (χ0n) is 11.4. The van der Waals surface area contributed by atoms with E-state index in [-0.39, 0.29) is 17.0 Å². The van der Waals surface area contributed by atoms with Crippen molar-refractivity contribution in [3.8, 4) is 0 Å². The Morgan fingerprint density at radius 1 is 1.38 bits per heavy atom. The van der Waals surface area contributed by atoms with Crippen LogP contribution < -0.4 is 4.72 Å².